The van der Waals surface area contributed by atoms with Crippen LogP contribution in [0.3, 0.4) is 0 Å². The summed E-state index contributed by atoms with van der Waals surface area (Å²) in [6.45, 7) is 7.25. The molecule has 0 heterocycles. The van der Waals surface area contributed by atoms with Crippen molar-refractivity contribution >= 4 is 11.6 Å². The van der Waals surface area contributed by atoms with E-state index in [9.17, 15) is 4.79 Å². The molecule has 20 heavy (non-hydrogen) atoms. The molecule has 0 bridgehead atoms. The lowest BCUT2D eigenvalue weighted by atomic mass is 10.1. The van der Waals surface area contributed by atoms with Crippen LogP contribution in [0.1, 0.15) is 55.5 Å². The molecule has 1 aliphatic rings. The molecule has 1 aliphatic carbocycles. The zero-order chi connectivity index (χ0) is 14.5. The number of aryl methyl sites for hydroxylation is 1. The summed E-state index contributed by atoms with van der Waals surface area (Å²) in [5.74, 6) is 0.885. The van der Waals surface area contributed by atoms with Crippen molar-refractivity contribution in [2.45, 2.75) is 52.5 Å². The number of anilines is 1. The second-order valence-corrected chi connectivity index (χ2v) is 6.01. The molecular weight excluding hydrogens is 248 g/mol. The summed E-state index contributed by atoms with van der Waals surface area (Å²) in [7, 11) is 0. The quantitative estimate of drug-likeness (QED) is 0.795. The van der Waals surface area contributed by atoms with E-state index in [1.54, 1.807) is 0 Å². The highest BCUT2D eigenvalue weighted by molar-refractivity contribution is 5.95. The Hall–Kier alpha value is -1.51. The average Bonchev–Trinajstić information content (AvgIpc) is 3.20. The Labute approximate surface area is 122 Å². The fraction of sp³-hybridized carbons (Fsp3) is 0.588. The van der Waals surface area contributed by atoms with Gasteiger partial charge in [0.2, 0.25) is 0 Å². The molecule has 1 atom stereocenters. The van der Waals surface area contributed by atoms with Crippen molar-refractivity contribution in [2.24, 2.45) is 5.92 Å². The van der Waals surface area contributed by atoms with Gasteiger partial charge in [-0.1, -0.05) is 19.8 Å². The van der Waals surface area contributed by atoms with Gasteiger partial charge in [-0.25, -0.2) is 0 Å². The Morgan fingerprint density at radius 3 is 2.75 bits per heavy atom. The minimum atomic E-state index is 0.0447. The average molecular weight is 274 g/mol. The maximum absolute atomic E-state index is 12.2. The van der Waals surface area contributed by atoms with Crippen LogP contribution in [0.5, 0.6) is 0 Å². The third-order valence-electron chi connectivity index (χ3n) is 3.82. The minimum Gasteiger partial charge on any atom is -0.385 e. The molecule has 1 saturated carbocycles. The van der Waals surface area contributed by atoms with Crippen LogP contribution < -0.4 is 10.6 Å². The van der Waals surface area contributed by atoms with E-state index in [1.807, 2.05) is 25.1 Å². The van der Waals surface area contributed by atoms with Crippen molar-refractivity contribution in [3.8, 4) is 0 Å². The van der Waals surface area contributed by atoms with Gasteiger partial charge in [0.1, 0.15) is 0 Å². The summed E-state index contributed by atoms with van der Waals surface area (Å²) in [6, 6.07) is 6.15. The first-order valence-corrected chi connectivity index (χ1v) is 7.75. The van der Waals surface area contributed by atoms with Crippen molar-refractivity contribution in [1.82, 2.24) is 5.32 Å². The van der Waals surface area contributed by atoms with E-state index < -0.39 is 0 Å². The fourth-order valence-electron chi connectivity index (χ4n) is 2.48. The van der Waals surface area contributed by atoms with Gasteiger partial charge in [0.25, 0.3) is 5.91 Å². The van der Waals surface area contributed by atoms with Crippen molar-refractivity contribution in [1.29, 1.82) is 0 Å². The van der Waals surface area contributed by atoms with Gasteiger partial charge in [-0.2, -0.15) is 0 Å². The summed E-state index contributed by atoms with van der Waals surface area (Å²) < 4.78 is 0. The number of nitrogens with one attached hydrogen (secondary N) is 2. The monoisotopic (exact) mass is 274 g/mol. The largest absolute Gasteiger partial charge is 0.385 e. The molecule has 0 spiro atoms. The SMILES string of the molecule is CCCNc1ccc(C(=O)NC(C)CC2CC2)cc1C. The van der Waals surface area contributed by atoms with Crippen LogP contribution in [-0.4, -0.2) is 18.5 Å². The molecule has 2 N–H and O–H groups in total. The fourth-order valence-corrected chi connectivity index (χ4v) is 2.48. The summed E-state index contributed by atoms with van der Waals surface area (Å²) in [6.07, 6.45) is 4.87. The maximum atomic E-state index is 12.2. The zero-order valence-corrected chi connectivity index (χ0v) is 12.8. The Kier molecular flexibility index (Phi) is 5.05. The number of hydrogen-bond donors (Lipinski definition) is 2. The van der Waals surface area contributed by atoms with E-state index in [0.717, 1.165) is 42.1 Å². The molecule has 0 aliphatic heterocycles. The van der Waals surface area contributed by atoms with Gasteiger partial charge in [-0.3, -0.25) is 4.79 Å². The molecule has 1 fully saturated rings. The van der Waals surface area contributed by atoms with Gasteiger partial charge in [0.05, 0.1) is 0 Å². The summed E-state index contributed by atoms with van der Waals surface area (Å²) in [5.41, 5.74) is 3.00. The molecule has 0 saturated heterocycles. The standard InChI is InChI=1S/C17H26N2O/c1-4-9-18-16-8-7-15(10-12(16)2)17(20)19-13(3)11-14-5-6-14/h7-8,10,13-14,18H,4-6,9,11H2,1-3H3,(H,19,20). The van der Waals surface area contributed by atoms with Gasteiger partial charge >= 0.3 is 0 Å². The molecule has 3 heteroatoms. The van der Waals surface area contributed by atoms with E-state index >= 15 is 0 Å². The number of carbonyl (C=O) groups excluding carboxylic acids is 1. The van der Waals surface area contributed by atoms with Crippen LogP contribution in [0.25, 0.3) is 0 Å². The lowest BCUT2D eigenvalue weighted by Crippen LogP contribution is -2.32. The smallest absolute Gasteiger partial charge is 0.251 e. The zero-order valence-electron chi connectivity index (χ0n) is 12.8. The summed E-state index contributed by atoms with van der Waals surface area (Å²) in [4.78, 5) is 12.2. The number of rotatable bonds is 7. The van der Waals surface area contributed by atoms with Gasteiger partial charge in [-0.05, 0) is 56.4 Å². The molecule has 0 radical (unpaired) electrons. The summed E-state index contributed by atoms with van der Waals surface area (Å²) in [5, 5.41) is 6.47. The molecule has 110 valence electrons. The number of benzene rings is 1. The normalized spacial score (nSPS) is 15.8. The Morgan fingerprint density at radius 1 is 1.40 bits per heavy atom. The van der Waals surface area contributed by atoms with E-state index in [2.05, 4.69) is 24.5 Å². The van der Waals surface area contributed by atoms with Gasteiger partial charge in [0.15, 0.2) is 0 Å². The first-order chi connectivity index (χ1) is 9.60. The molecule has 3 nitrogen and oxygen atoms in total. The van der Waals surface area contributed by atoms with Crippen molar-refractivity contribution < 1.29 is 4.79 Å². The summed E-state index contributed by atoms with van der Waals surface area (Å²) >= 11 is 0. The minimum absolute atomic E-state index is 0.0447. The van der Waals surface area contributed by atoms with Crippen molar-refractivity contribution in [3.05, 3.63) is 29.3 Å². The van der Waals surface area contributed by atoms with Gasteiger partial charge in [-0.15, -0.1) is 0 Å². The molecule has 1 aromatic rings. The maximum Gasteiger partial charge on any atom is 0.251 e. The second kappa shape index (κ2) is 6.78. The van der Waals surface area contributed by atoms with Gasteiger partial charge in [0, 0.05) is 23.8 Å². The Balaban J connectivity index is 1.93. The van der Waals surface area contributed by atoms with E-state index in [0.29, 0.717) is 0 Å². The lowest BCUT2D eigenvalue weighted by molar-refractivity contribution is 0.0937. The highest BCUT2D eigenvalue weighted by atomic mass is 16.1. The van der Waals surface area contributed by atoms with Crippen molar-refractivity contribution in [3.63, 3.8) is 0 Å². The van der Waals surface area contributed by atoms with Crippen LogP contribution in [0, 0.1) is 12.8 Å². The van der Waals surface area contributed by atoms with E-state index in [-0.39, 0.29) is 11.9 Å². The first kappa shape index (κ1) is 14.9. The highest BCUT2D eigenvalue weighted by Crippen LogP contribution is 2.33. The Bertz CT molecular complexity index is 466. The highest BCUT2D eigenvalue weighted by Gasteiger charge is 2.24. The topological polar surface area (TPSA) is 41.1 Å². The molecule has 1 aromatic carbocycles. The Morgan fingerprint density at radius 2 is 2.15 bits per heavy atom. The second-order valence-electron chi connectivity index (χ2n) is 6.01. The molecule has 0 aromatic heterocycles. The van der Waals surface area contributed by atoms with Gasteiger partial charge < -0.3 is 10.6 Å². The van der Waals surface area contributed by atoms with Crippen LogP contribution in [0.15, 0.2) is 18.2 Å². The third kappa shape index (κ3) is 4.26. The molecule has 1 unspecified atom stereocenters. The van der Waals surface area contributed by atoms with Crippen LogP contribution in [-0.2, 0) is 0 Å². The molecule has 2 rings (SSSR count). The predicted octanol–water partition coefficient (Wildman–Crippen LogP) is 3.74. The van der Waals surface area contributed by atoms with Crippen LogP contribution in [0.4, 0.5) is 5.69 Å². The van der Waals surface area contributed by atoms with Crippen LogP contribution >= 0.6 is 0 Å². The predicted molar refractivity (Wildman–Crippen MR) is 84.2 cm³/mol. The molecule has 1 amide bonds. The van der Waals surface area contributed by atoms with Crippen LogP contribution in [0.2, 0.25) is 0 Å². The third-order valence-corrected chi connectivity index (χ3v) is 3.82. The molecular formula is C17H26N2O. The first-order valence-electron chi connectivity index (χ1n) is 7.75. The lowest BCUT2D eigenvalue weighted by Gasteiger charge is -2.15. The number of hydrogen-bond acceptors (Lipinski definition) is 2. The van der Waals surface area contributed by atoms with E-state index in [1.165, 1.54) is 12.8 Å². The van der Waals surface area contributed by atoms with Crippen molar-refractivity contribution in [2.75, 3.05) is 11.9 Å². The number of amides is 1. The number of carbonyl (C=O) groups is 1. The van der Waals surface area contributed by atoms with E-state index in [4.69, 9.17) is 0 Å².